The number of nitrogens with one attached hydrogen (secondary N) is 1. The van der Waals surface area contributed by atoms with E-state index >= 15 is 0 Å². The van der Waals surface area contributed by atoms with Crippen LogP contribution >= 0.6 is 0 Å². The number of hydrogen-bond acceptors (Lipinski definition) is 5. The minimum atomic E-state index is -0.528. The van der Waals surface area contributed by atoms with Gasteiger partial charge in [0.15, 0.2) is 11.5 Å². The lowest BCUT2D eigenvalue weighted by molar-refractivity contribution is -0.139. The molecule has 2 aliphatic rings. The fourth-order valence-corrected chi connectivity index (χ4v) is 4.28. The molecule has 1 fully saturated rings. The Morgan fingerprint density at radius 3 is 2.22 bits per heavy atom. The number of rotatable bonds is 7. The van der Waals surface area contributed by atoms with Crippen LogP contribution < -0.4 is 14.8 Å². The van der Waals surface area contributed by atoms with E-state index in [4.69, 9.17) is 9.47 Å². The van der Waals surface area contributed by atoms with Gasteiger partial charge in [0.1, 0.15) is 0 Å². The van der Waals surface area contributed by atoms with Gasteiger partial charge in [-0.05, 0) is 28.8 Å². The molecule has 0 bridgehead atoms. The Morgan fingerprint density at radius 2 is 1.53 bits per heavy atom. The van der Waals surface area contributed by atoms with Gasteiger partial charge in [-0.2, -0.15) is 0 Å². The normalized spacial score (nSPS) is 17.4. The molecule has 0 aliphatic carbocycles. The zero-order chi connectivity index (χ0) is 21.9. The minimum Gasteiger partial charge on any atom is -0.454 e. The standard InChI is InChI=1S/C26H24N2O4/c29-25-14-22(27-15-18-11-12-23-24(13-18)32-17-31-23)26(30)28(25)16-21(19-7-3-1-4-8-19)20-9-5-2-6-10-20/h1-13,21-22,27H,14-17H2/t22-/m1/s1. The van der Waals surface area contributed by atoms with Gasteiger partial charge in [0.25, 0.3) is 0 Å². The molecule has 3 aromatic rings. The molecule has 0 aromatic heterocycles. The molecule has 2 amide bonds. The fraction of sp³-hybridized carbons (Fsp3) is 0.231. The molecule has 1 atom stereocenters. The molecule has 3 aromatic carbocycles. The van der Waals surface area contributed by atoms with E-state index in [-0.39, 0.29) is 30.9 Å². The molecule has 5 rings (SSSR count). The van der Waals surface area contributed by atoms with Gasteiger partial charge in [0, 0.05) is 19.0 Å². The second-order valence-corrected chi connectivity index (χ2v) is 8.04. The number of likely N-dealkylation sites (tertiary alicyclic amines) is 1. The fourth-order valence-electron chi connectivity index (χ4n) is 4.28. The number of carbonyl (C=O) groups is 2. The number of nitrogens with zero attached hydrogens (tertiary/aromatic N) is 1. The van der Waals surface area contributed by atoms with E-state index in [2.05, 4.69) is 5.32 Å². The monoisotopic (exact) mass is 428 g/mol. The van der Waals surface area contributed by atoms with Crippen molar-refractivity contribution >= 4 is 11.8 Å². The van der Waals surface area contributed by atoms with Crippen molar-refractivity contribution in [1.29, 1.82) is 0 Å². The first-order valence-electron chi connectivity index (χ1n) is 10.7. The van der Waals surface area contributed by atoms with Gasteiger partial charge in [0.2, 0.25) is 18.6 Å². The van der Waals surface area contributed by atoms with Crippen molar-refractivity contribution in [2.24, 2.45) is 0 Å². The Kier molecular flexibility index (Phi) is 5.60. The van der Waals surface area contributed by atoms with Crippen molar-refractivity contribution in [3.05, 3.63) is 95.6 Å². The van der Waals surface area contributed by atoms with Crippen LogP contribution in [0.2, 0.25) is 0 Å². The van der Waals surface area contributed by atoms with Crippen LogP contribution in [-0.4, -0.2) is 36.1 Å². The van der Waals surface area contributed by atoms with Crippen molar-refractivity contribution in [1.82, 2.24) is 10.2 Å². The highest BCUT2D eigenvalue weighted by molar-refractivity contribution is 6.05. The van der Waals surface area contributed by atoms with Gasteiger partial charge in [-0.25, -0.2) is 0 Å². The molecule has 6 nitrogen and oxygen atoms in total. The zero-order valence-corrected chi connectivity index (χ0v) is 17.6. The van der Waals surface area contributed by atoms with Gasteiger partial charge in [-0.3, -0.25) is 14.5 Å². The molecule has 1 N–H and O–H groups in total. The lowest BCUT2D eigenvalue weighted by Gasteiger charge is -2.24. The molecule has 0 saturated carbocycles. The summed E-state index contributed by atoms with van der Waals surface area (Å²) in [5, 5.41) is 3.24. The number of ether oxygens (including phenoxy) is 2. The minimum absolute atomic E-state index is 0.0714. The van der Waals surface area contributed by atoms with Crippen LogP contribution in [0.1, 0.15) is 29.0 Å². The van der Waals surface area contributed by atoms with Crippen LogP contribution in [0.15, 0.2) is 78.9 Å². The summed E-state index contributed by atoms with van der Waals surface area (Å²) in [7, 11) is 0. The average molecular weight is 428 g/mol. The summed E-state index contributed by atoms with van der Waals surface area (Å²) < 4.78 is 10.8. The molecule has 2 aliphatic heterocycles. The topological polar surface area (TPSA) is 67.9 Å². The van der Waals surface area contributed by atoms with Gasteiger partial charge < -0.3 is 14.8 Å². The summed E-state index contributed by atoms with van der Waals surface area (Å²) in [4.78, 5) is 27.3. The first-order valence-corrected chi connectivity index (χ1v) is 10.7. The van der Waals surface area contributed by atoms with E-state index in [9.17, 15) is 9.59 Å². The van der Waals surface area contributed by atoms with Gasteiger partial charge in [-0.15, -0.1) is 0 Å². The number of amides is 2. The first kappa shape index (κ1) is 20.3. The van der Waals surface area contributed by atoms with E-state index < -0.39 is 6.04 Å². The van der Waals surface area contributed by atoms with Crippen molar-refractivity contribution in [2.75, 3.05) is 13.3 Å². The molecule has 162 valence electrons. The number of benzene rings is 3. The Morgan fingerprint density at radius 1 is 0.875 bits per heavy atom. The Labute approximate surface area is 186 Å². The molecule has 0 spiro atoms. The van der Waals surface area contributed by atoms with E-state index in [0.29, 0.717) is 18.8 Å². The average Bonchev–Trinajstić information content (AvgIpc) is 3.41. The van der Waals surface area contributed by atoms with Gasteiger partial charge >= 0.3 is 0 Å². The molecular formula is C26H24N2O4. The lowest BCUT2D eigenvalue weighted by atomic mass is 9.91. The van der Waals surface area contributed by atoms with E-state index in [1.54, 1.807) is 0 Å². The highest BCUT2D eigenvalue weighted by Gasteiger charge is 2.39. The summed E-state index contributed by atoms with van der Waals surface area (Å²) in [5.41, 5.74) is 3.13. The third kappa shape index (κ3) is 4.09. The number of hydrogen-bond donors (Lipinski definition) is 1. The Bertz CT molecular complexity index is 1080. The number of fused-ring (bicyclic) bond motifs is 1. The predicted octanol–water partition coefficient (Wildman–Crippen LogP) is 3.46. The molecule has 2 heterocycles. The van der Waals surface area contributed by atoms with Crippen molar-refractivity contribution in [3.63, 3.8) is 0 Å². The SMILES string of the molecule is O=C1C[C@@H](NCc2ccc3c(c2)OCO3)C(=O)N1CC(c1ccccc1)c1ccccc1. The lowest BCUT2D eigenvalue weighted by Crippen LogP contribution is -2.40. The van der Waals surface area contributed by atoms with Crippen molar-refractivity contribution in [2.45, 2.75) is 24.9 Å². The second kappa shape index (κ2) is 8.85. The number of carbonyl (C=O) groups excluding carboxylic acids is 2. The number of imide groups is 1. The zero-order valence-electron chi connectivity index (χ0n) is 17.6. The van der Waals surface area contributed by atoms with Gasteiger partial charge in [-0.1, -0.05) is 66.7 Å². The predicted molar refractivity (Wildman–Crippen MR) is 119 cm³/mol. The quantitative estimate of drug-likeness (QED) is 0.584. The Hall–Kier alpha value is -3.64. The maximum absolute atomic E-state index is 13.1. The van der Waals surface area contributed by atoms with Crippen LogP contribution in [0.3, 0.4) is 0 Å². The highest BCUT2D eigenvalue weighted by Crippen LogP contribution is 2.33. The van der Waals surface area contributed by atoms with Crippen LogP contribution in [0.5, 0.6) is 11.5 Å². The summed E-state index contributed by atoms with van der Waals surface area (Å²) in [5.74, 6) is 1.04. The summed E-state index contributed by atoms with van der Waals surface area (Å²) in [6, 6.07) is 25.2. The molecular weight excluding hydrogens is 404 g/mol. The van der Waals surface area contributed by atoms with Crippen LogP contribution in [0.4, 0.5) is 0 Å². The third-order valence-electron chi connectivity index (χ3n) is 6.00. The van der Waals surface area contributed by atoms with Crippen molar-refractivity contribution in [3.8, 4) is 11.5 Å². The Balaban J connectivity index is 1.29. The maximum atomic E-state index is 13.1. The third-order valence-corrected chi connectivity index (χ3v) is 6.00. The largest absolute Gasteiger partial charge is 0.454 e. The maximum Gasteiger partial charge on any atom is 0.246 e. The van der Waals surface area contributed by atoms with E-state index in [0.717, 1.165) is 22.4 Å². The summed E-state index contributed by atoms with van der Waals surface area (Å²) in [6.07, 6.45) is 0.166. The second-order valence-electron chi connectivity index (χ2n) is 8.04. The molecule has 0 unspecified atom stereocenters. The summed E-state index contributed by atoms with van der Waals surface area (Å²) >= 11 is 0. The molecule has 32 heavy (non-hydrogen) atoms. The molecule has 6 heteroatoms. The smallest absolute Gasteiger partial charge is 0.246 e. The van der Waals surface area contributed by atoms with Crippen LogP contribution in [-0.2, 0) is 16.1 Å². The summed E-state index contributed by atoms with van der Waals surface area (Å²) in [6.45, 7) is 1.02. The molecule has 1 saturated heterocycles. The van der Waals surface area contributed by atoms with Crippen molar-refractivity contribution < 1.29 is 19.1 Å². The molecule has 0 radical (unpaired) electrons. The first-order chi connectivity index (χ1) is 15.7. The van der Waals surface area contributed by atoms with Crippen LogP contribution in [0, 0.1) is 0 Å². The van der Waals surface area contributed by atoms with E-state index in [1.807, 2.05) is 78.9 Å². The highest BCUT2D eigenvalue weighted by atomic mass is 16.7. The van der Waals surface area contributed by atoms with Crippen LogP contribution in [0.25, 0.3) is 0 Å². The van der Waals surface area contributed by atoms with E-state index in [1.165, 1.54) is 4.90 Å². The van der Waals surface area contributed by atoms with Gasteiger partial charge in [0.05, 0.1) is 12.5 Å².